The zero-order valence-electron chi connectivity index (χ0n) is 24.8. The maximum atomic E-state index is 12.4. The van der Waals surface area contributed by atoms with Crippen molar-refractivity contribution in [1.82, 2.24) is 21.0 Å². The second kappa shape index (κ2) is 14.5. The van der Waals surface area contributed by atoms with Crippen molar-refractivity contribution in [2.45, 2.75) is 61.1 Å². The van der Waals surface area contributed by atoms with Crippen molar-refractivity contribution < 1.29 is 46.9 Å². The number of hydrogen-bond donors (Lipinski definition) is 5. The van der Waals surface area contributed by atoms with E-state index in [9.17, 15) is 37.5 Å². The molecule has 3 saturated heterocycles. The van der Waals surface area contributed by atoms with Crippen molar-refractivity contribution in [3.05, 3.63) is 53.6 Å². The van der Waals surface area contributed by atoms with Crippen LogP contribution >= 0.6 is 11.8 Å². The fourth-order valence-corrected chi connectivity index (χ4v) is 7.58. The predicted octanol–water partition coefficient (Wildman–Crippen LogP) is 2.28. The summed E-state index contributed by atoms with van der Waals surface area (Å²) in [6, 6.07) is 10.4. The Kier molecular flexibility index (Phi) is 10.4. The number of rotatable bonds is 13. The standard InChI is InChI=1S/C29H32N6O10S2/c36-21-10-5-16(11-12-30-24(37)4-2-1-3-22-26-20(15-46-22)31-29(41)32-26)13-19(21)34-33-18-8-6-17(7-9-18)28(40)45-35-25(38)14-23(27(35)39)47(42,43)44/h5-10,13,20,22-23,26,36H,1-4,11-12,14-15H2,(H,30,37)(H2,31,32,41)(H,42,43,44). The van der Waals surface area contributed by atoms with Crippen LogP contribution in [0, 0.1) is 0 Å². The Morgan fingerprint density at radius 1 is 1.06 bits per heavy atom. The summed E-state index contributed by atoms with van der Waals surface area (Å²) < 4.78 is 31.6. The monoisotopic (exact) mass is 688 g/mol. The molecule has 4 atom stereocenters. The van der Waals surface area contributed by atoms with Gasteiger partial charge in [0.25, 0.3) is 21.9 Å². The fourth-order valence-electron chi connectivity index (χ4n) is 5.34. The minimum atomic E-state index is -4.85. The number of hydrogen-bond acceptors (Lipinski definition) is 12. The first-order valence-corrected chi connectivity index (χ1v) is 17.3. The SMILES string of the molecule is O=C(CCCCC1SCC2NC(=O)NC21)NCCc1ccc(O)c(N=Nc2ccc(C(=O)ON3C(=O)CC(S(=O)(=O)O)C3=O)cc2)c1. The number of amides is 5. The minimum Gasteiger partial charge on any atom is -0.506 e. The number of azo groups is 1. The number of imide groups is 1. The Morgan fingerprint density at radius 3 is 2.55 bits per heavy atom. The van der Waals surface area contributed by atoms with E-state index in [0.29, 0.717) is 24.6 Å². The molecule has 2 aromatic carbocycles. The Hall–Kier alpha value is -4.55. The third-order valence-corrected chi connectivity index (χ3v) is 10.4. The van der Waals surface area contributed by atoms with Crippen LogP contribution in [0.5, 0.6) is 5.75 Å². The molecular formula is C29H32N6O10S2. The molecule has 4 unspecified atom stereocenters. The third-order valence-electron chi connectivity index (χ3n) is 7.83. The smallest absolute Gasteiger partial charge is 0.363 e. The number of benzene rings is 2. The van der Waals surface area contributed by atoms with E-state index in [-0.39, 0.29) is 51.8 Å². The molecule has 18 heteroatoms. The molecule has 0 radical (unpaired) electrons. The number of fused-ring (bicyclic) bond motifs is 1. The van der Waals surface area contributed by atoms with Crippen molar-refractivity contribution in [2.24, 2.45) is 10.2 Å². The van der Waals surface area contributed by atoms with E-state index in [1.54, 1.807) is 12.1 Å². The highest BCUT2D eigenvalue weighted by Gasteiger charge is 2.48. The number of carbonyl (C=O) groups is 5. The van der Waals surface area contributed by atoms with Crippen LogP contribution in [0.3, 0.4) is 0 Å². The van der Waals surface area contributed by atoms with Gasteiger partial charge < -0.3 is 25.9 Å². The molecule has 5 N–H and O–H groups in total. The Balaban J connectivity index is 1.05. The number of phenolic OH excluding ortho intramolecular Hbond substituents is 1. The lowest BCUT2D eigenvalue weighted by Gasteiger charge is -2.16. The summed E-state index contributed by atoms with van der Waals surface area (Å²) in [5.41, 5.74) is 1.18. The van der Waals surface area contributed by atoms with Gasteiger partial charge in [-0.2, -0.15) is 25.3 Å². The van der Waals surface area contributed by atoms with Crippen LogP contribution < -0.4 is 16.0 Å². The number of aromatic hydroxyl groups is 1. The summed E-state index contributed by atoms with van der Waals surface area (Å²) >= 11 is 1.85. The van der Waals surface area contributed by atoms with Gasteiger partial charge in [-0.25, -0.2) is 9.59 Å². The third kappa shape index (κ3) is 8.44. The second-order valence-electron chi connectivity index (χ2n) is 11.2. The van der Waals surface area contributed by atoms with Crippen LogP contribution in [0.1, 0.15) is 48.0 Å². The van der Waals surface area contributed by atoms with E-state index < -0.39 is 39.6 Å². The van der Waals surface area contributed by atoms with E-state index in [1.807, 2.05) is 11.8 Å². The van der Waals surface area contributed by atoms with Gasteiger partial charge in [-0.05, 0) is 61.2 Å². The zero-order valence-corrected chi connectivity index (χ0v) is 26.5. The first kappa shape index (κ1) is 33.8. The largest absolute Gasteiger partial charge is 0.506 e. The van der Waals surface area contributed by atoms with Crippen molar-refractivity contribution in [2.75, 3.05) is 12.3 Å². The van der Waals surface area contributed by atoms with Gasteiger partial charge in [0.1, 0.15) is 11.4 Å². The summed E-state index contributed by atoms with van der Waals surface area (Å²) in [7, 11) is -4.85. The van der Waals surface area contributed by atoms with Gasteiger partial charge in [-0.3, -0.25) is 18.9 Å². The number of unbranched alkanes of at least 4 members (excludes halogenated alkanes) is 1. The molecule has 5 rings (SSSR count). The average molecular weight is 689 g/mol. The lowest BCUT2D eigenvalue weighted by Crippen LogP contribution is -2.36. The number of phenols is 1. The summed E-state index contributed by atoms with van der Waals surface area (Å²) in [5, 5.41) is 25.5. The molecule has 47 heavy (non-hydrogen) atoms. The summed E-state index contributed by atoms with van der Waals surface area (Å²) in [6.07, 6.45) is 2.63. The maximum Gasteiger partial charge on any atom is 0.363 e. The molecule has 0 saturated carbocycles. The predicted molar refractivity (Wildman–Crippen MR) is 167 cm³/mol. The number of urea groups is 1. The first-order chi connectivity index (χ1) is 22.4. The molecule has 3 fully saturated rings. The fraction of sp³-hybridized carbons (Fsp3) is 0.414. The average Bonchev–Trinajstić information content (AvgIpc) is 3.67. The van der Waals surface area contributed by atoms with Crippen LogP contribution in [0.4, 0.5) is 16.2 Å². The number of nitrogens with one attached hydrogen (secondary N) is 3. The van der Waals surface area contributed by atoms with Crippen LogP contribution in [0.25, 0.3) is 0 Å². The molecule has 3 heterocycles. The molecule has 0 aliphatic carbocycles. The molecule has 2 aromatic rings. The van der Waals surface area contributed by atoms with Crippen LogP contribution in [-0.2, 0) is 35.8 Å². The normalized spacial score (nSPS) is 22.3. The molecule has 250 valence electrons. The minimum absolute atomic E-state index is 0.0121. The molecule has 5 amide bonds. The molecule has 16 nitrogen and oxygen atoms in total. The summed E-state index contributed by atoms with van der Waals surface area (Å²) in [4.78, 5) is 65.0. The van der Waals surface area contributed by atoms with Crippen molar-refractivity contribution >= 4 is 63.0 Å². The molecular weight excluding hydrogens is 656 g/mol. The van der Waals surface area contributed by atoms with E-state index >= 15 is 0 Å². The first-order valence-electron chi connectivity index (χ1n) is 14.7. The van der Waals surface area contributed by atoms with E-state index in [2.05, 4.69) is 26.2 Å². The van der Waals surface area contributed by atoms with E-state index in [4.69, 9.17) is 9.39 Å². The second-order valence-corrected chi connectivity index (χ2v) is 14.0. The van der Waals surface area contributed by atoms with Gasteiger partial charge in [-0.15, -0.1) is 10.2 Å². The lowest BCUT2D eigenvalue weighted by atomic mass is 10.0. The highest BCUT2D eigenvalue weighted by atomic mass is 32.2. The highest BCUT2D eigenvalue weighted by molar-refractivity contribution is 8.00. The number of thioether (sulfide) groups is 1. The Morgan fingerprint density at radius 2 is 1.83 bits per heavy atom. The zero-order chi connectivity index (χ0) is 33.7. The summed E-state index contributed by atoms with van der Waals surface area (Å²) in [6.45, 7) is 0.392. The van der Waals surface area contributed by atoms with Gasteiger partial charge in [0.2, 0.25) is 5.91 Å². The van der Waals surface area contributed by atoms with Crippen molar-refractivity contribution in [3.8, 4) is 5.75 Å². The molecule has 3 aliphatic heterocycles. The highest BCUT2D eigenvalue weighted by Crippen LogP contribution is 2.33. The molecule has 0 aromatic heterocycles. The van der Waals surface area contributed by atoms with Crippen molar-refractivity contribution in [1.29, 1.82) is 0 Å². The molecule has 0 spiro atoms. The molecule has 0 bridgehead atoms. The van der Waals surface area contributed by atoms with E-state index in [1.165, 1.54) is 30.3 Å². The van der Waals surface area contributed by atoms with Crippen molar-refractivity contribution in [3.63, 3.8) is 0 Å². The van der Waals surface area contributed by atoms with Gasteiger partial charge in [0, 0.05) is 24.0 Å². The van der Waals surface area contributed by atoms with Gasteiger partial charge in [-0.1, -0.05) is 12.5 Å². The number of nitrogens with zero attached hydrogens (tertiary/aromatic N) is 3. The van der Waals surface area contributed by atoms with Crippen LogP contribution in [0.15, 0.2) is 52.7 Å². The lowest BCUT2D eigenvalue weighted by molar-refractivity contribution is -0.172. The maximum absolute atomic E-state index is 12.4. The Bertz CT molecular complexity index is 1700. The quantitative estimate of drug-likeness (QED) is 0.0673. The Labute approximate surface area is 273 Å². The topological polar surface area (TPSA) is 233 Å². The van der Waals surface area contributed by atoms with Gasteiger partial charge >= 0.3 is 12.0 Å². The van der Waals surface area contributed by atoms with Gasteiger partial charge in [0.15, 0.2) is 5.25 Å². The van der Waals surface area contributed by atoms with Crippen LogP contribution in [-0.4, -0.2) is 87.7 Å². The van der Waals surface area contributed by atoms with Crippen LogP contribution in [0.2, 0.25) is 0 Å². The molecule has 3 aliphatic rings. The number of carbonyl (C=O) groups excluding carboxylic acids is 5. The van der Waals surface area contributed by atoms with E-state index in [0.717, 1.165) is 30.6 Å². The van der Waals surface area contributed by atoms with Gasteiger partial charge in [0.05, 0.1) is 29.8 Å². The summed E-state index contributed by atoms with van der Waals surface area (Å²) in [5.74, 6) is -2.85. The number of hydroxylamine groups is 2.